The summed E-state index contributed by atoms with van der Waals surface area (Å²) >= 11 is 0. The van der Waals surface area contributed by atoms with Crippen molar-refractivity contribution < 1.29 is 14.3 Å². The van der Waals surface area contributed by atoms with E-state index in [2.05, 4.69) is 10.2 Å². The molecule has 0 saturated carbocycles. The van der Waals surface area contributed by atoms with Crippen LogP contribution >= 0.6 is 0 Å². The largest absolute Gasteiger partial charge is 0.469 e. The predicted octanol–water partition coefficient (Wildman–Crippen LogP) is 0.453. The van der Waals surface area contributed by atoms with Crippen molar-refractivity contribution >= 4 is 11.9 Å². The molecule has 1 amide bonds. The van der Waals surface area contributed by atoms with E-state index in [0.717, 1.165) is 0 Å². The van der Waals surface area contributed by atoms with E-state index in [-0.39, 0.29) is 29.9 Å². The summed E-state index contributed by atoms with van der Waals surface area (Å²) in [6, 6.07) is -0.135. The SMILES string of the molecule is COC(=O)CC1CC(=O)N(C(C)(C)C)N1. The van der Waals surface area contributed by atoms with Crippen LogP contribution in [0.25, 0.3) is 0 Å². The van der Waals surface area contributed by atoms with E-state index in [0.29, 0.717) is 6.42 Å². The quantitative estimate of drug-likeness (QED) is 0.678. The minimum Gasteiger partial charge on any atom is -0.469 e. The van der Waals surface area contributed by atoms with Gasteiger partial charge in [-0.3, -0.25) is 14.6 Å². The lowest BCUT2D eigenvalue weighted by atomic mass is 10.1. The molecule has 0 aromatic rings. The molecule has 1 atom stereocenters. The molecule has 0 bridgehead atoms. The van der Waals surface area contributed by atoms with Gasteiger partial charge in [0.25, 0.3) is 0 Å². The Kier molecular flexibility index (Phi) is 3.34. The molecule has 1 unspecified atom stereocenters. The number of methoxy groups -OCH3 is 1. The van der Waals surface area contributed by atoms with Gasteiger partial charge >= 0.3 is 5.97 Å². The predicted molar refractivity (Wildman–Crippen MR) is 54.8 cm³/mol. The van der Waals surface area contributed by atoms with Crippen molar-refractivity contribution in [2.75, 3.05) is 7.11 Å². The zero-order valence-corrected chi connectivity index (χ0v) is 9.66. The van der Waals surface area contributed by atoms with Crippen molar-refractivity contribution in [1.82, 2.24) is 10.4 Å². The highest BCUT2D eigenvalue weighted by atomic mass is 16.5. The van der Waals surface area contributed by atoms with E-state index < -0.39 is 0 Å². The summed E-state index contributed by atoms with van der Waals surface area (Å²) in [5.74, 6) is -0.271. The van der Waals surface area contributed by atoms with Crippen LogP contribution < -0.4 is 5.43 Å². The molecular formula is C10H18N2O3. The van der Waals surface area contributed by atoms with Crippen LogP contribution in [0.4, 0.5) is 0 Å². The van der Waals surface area contributed by atoms with E-state index in [9.17, 15) is 9.59 Å². The average Bonchev–Trinajstić information content (AvgIpc) is 2.45. The number of carbonyl (C=O) groups is 2. The van der Waals surface area contributed by atoms with E-state index in [4.69, 9.17) is 0 Å². The second-order valence-corrected chi connectivity index (χ2v) is 4.71. The molecule has 0 aromatic heterocycles. The molecule has 0 aromatic carbocycles. The van der Waals surface area contributed by atoms with Crippen LogP contribution in [0.3, 0.4) is 0 Å². The number of ether oxygens (including phenoxy) is 1. The Labute approximate surface area is 89.7 Å². The standard InChI is InChI=1S/C10H18N2O3/c1-10(2,3)12-8(13)5-7(11-12)6-9(14)15-4/h7,11H,5-6H2,1-4H3. The van der Waals surface area contributed by atoms with Gasteiger partial charge in [0.15, 0.2) is 0 Å². The zero-order chi connectivity index (χ0) is 11.6. The van der Waals surface area contributed by atoms with Crippen LogP contribution in [0.5, 0.6) is 0 Å². The summed E-state index contributed by atoms with van der Waals surface area (Å²) in [7, 11) is 1.35. The van der Waals surface area contributed by atoms with Crippen LogP contribution in [-0.2, 0) is 14.3 Å². The fraction of sp³-hybridized carbons (Fsp3) is 0.800. The molecule has 0 radical (unpaired) electrons. The molecule has 1 fully saturated rings. The Hall–Kier alpha value is -1.10. The van der Waals surface area contributed by atoms with Crippen molar-refractivity contribution in [2.24, 2.45) is 0 Å². The monoisotopic (exact) mass is 214 g/mol. The van der Waals surface area contributed by atoms with Crippen molar-refractivity contribution in [1.29, 1.82) is 0 Å². The normalized spacial score (nSPS) is 22.0. The number of nitrogens with one attached hydrogen (secondary N) is 1. The number of hydrogen-bond donors (Lipinski definition) is 1. The minimum absolute atomic E-state index is 0.0244. The molecule has 1 aliphatic heterocycles. The number of hydrazine groups is 1. The van der Waals surface area contributed by atoms with E-state index in [1.54, 1.807) is 5.01 Å². The Balaban J connectivity index is 2.56. The van der Waals surface area contributed by atoms with Gasteiger partial charge in [-0.05, 0) is 20.8 Å². The number of nitrogens with zero attached hydrogens (tertiary/aromatic N) is 1. The fourth-order valence-electron chi connectivity index (χ4n) is 1.57. The Bertz CT molecular complexity index is 270. The lowest BCUT2D eigenvalue weighted by Gasteiger charge is -2.31. The van der Waals surface area contributed by atoms with Gasteiger partial charge in [-0.25, -0.2) is 5.43 Å². The van der Waals surface area contributed by atoms with Gasteiger partial charge in [0.05, 0.1) is 19.1 Å². The number of rotatable bonds is 2. The highest BCUT2D eigenvalue weighted by Gasteiger charge is 2.36. The molecule has 1 rings (SSSR count). The maximum Gasteiger partial charge on any atom is 0.307 e. The lowest BCUT2D eigenvalue weighted by Crippen LogP contribution is -2.50. The highest BCUT2D eigenvalue weighted by molar-refractivity contribution is 5.80. The summed E-state index contributed by atoms with van der Waals surface area (Å²) < 4.78 is 4.56. The second kappa shape index (κ2) is 4.18. The van der Waals surface area contributed by atoms with E-state index >= 15 is 0 Å². The number of hydrogen-bond acceptors (Lipinski definition) is 4. The average molecular weight is 214 g/mol. The molecule has 86 valence electrons. The van der Waals surface area contributed by atoms with Gasteiger partial charge in [-0.2, -0.15) is 0 Å². The van der Waals surface area contributed by atoms with Crippen LogP contribution in [-0.4, -0.2) is 35.6 Å². The van der Waals surface area contributed by atoms with Gasteiger partial charge in [0, 0.05) is 12.5 Å². The maximum atomic E-state index is 11.6. The molecule has 1 N–H and O–H groups in total. The zero-order valence-electron chi connectivity index (χ0n) is 9.66. The second-order valence-electron chi connectivity index (χ2n) is 4.71. The molecule has 0 spiro atoms. The van der Waals surface area contributed by atoms with Gasteiger partial charge in [0.2, 0.25) is 5.91 Å². The van der Waals surface area contributed by atoms with Crippen LogP contribution in [0.15, 0.2) is 0 Å². The van der Waals surface area contributed by atoms with Crippen molar-refractivity contribution in [3.8, 4) is 0 Å². The summed E-state index contributed by atoms with van der Waals surface area (Å²) in [5.41, 5.74) is 2.77. The van der Waals surface area contributed by atoms with Crippen molar-refractivity contribution in [3.63, 3.8) is 0 Å². The molecule has 1 aliphatic rings. The fourth-order valence-corrected chi connectivity index (χ4v) is 1.57. The highest BCUT2D eigenvalue weighted by Crippen LogP contribution is 2.20. The first-order valence-corrected chi connectivity index (χ1v) is 5.00. The molecular weight excluding hydrogens is 196 g/mol. The maximum absolute atomic E-state index is 11.6. The van der Waals surface area contributed by atoms with Gasteiger partial charge in [-0.15, -0.1) is 0 Å². The van der Waals surface area contributed by atoms with E-state index in [1.807, 2.05) is 20.8 Å². The molecule has 1 saturated heterocycles. The van der Waals surface area contributed by atoms with Gasteiger partial charge < -0.3 is 4.74 Å². The van der Waals surface area contributed by atoms with Gasteiger partial charge in [-0.1, -0.05) is 0 Å². The first-order chi connectivity index (χ1) is 6.84. The topological polar surface area (TPSA) is 58.6 Å². The summed E-state index contributed by atoms with van der Waals surface area (Å²) in [4.78, 5) is 22.7. The third-order valence-electron chi connectivity index (χ3n) is 2.29. The van der Waals surface area contributed by atoms with Gasteiger partial charge in [0.1, 0.15) is 0 Å². The first kappa shape index (κ1) is 12.0. The van der Waals surface area contributed by atoms with Crippen LogP contribution in [0, 0.1) is 0 Å². The third kappa shape index (κ3) is 2.92. The summed E-state index contributed by atoms with van der Waals surface area (Å²) in [6.07, 6.45) is 0.585. The molecule has 15 heavy (non-hydrogen) atoms. The summed E-state index contributed by atoms with van der Waals surface area (Å²) in [5, 5.41) is 1.58. The Morgan fingerprint density at radius 1 is 1.60 bits per heavy atom. The number of esters is 1. The lowest BCUT2D eigenvalue weighted by molar-refractivity contribution is -0.141. The first-order valence-electron chi connectivity index (χ1n) is 5.00. The third-order valence-corrected chi connectivity index (χ3v) is 2.29. The number of carbonyl (C=O) groups excluding carboxylic acids is 2. The Morgan fingerprint density at radius 3 is 2.60 bits per heavy atom. The van der Waals surface area contributed by atoms with Crippen LogP contribution in [0.1, 0.15) is 33.6 Å². The molecule has 0 aliphatic carbocycles. The van der Waals surface area contributed by atoms with Crippen molar-refractivity contribution in [2.45, 2.75) is 45.2 Å². The summed E-state index contributed by atoms with van der Waals surface area (Å²) in [6.45, 7) is 5.83. The molecule has 1 heterocycles. The van der Waals surface area contributed by atoms with Crippen LogP contribution in [0.2, 0.25) is 0 Å². The minimum atomic E-state index is -0.295. The molecule has 5 nitrogen and oxygen atoms in total. The Morgan fingerprint density at radius 2 is 2.20 bits per heavy atom. The van der Waals surface area contributed by atoms with E-state index in [1.165, 1.54) is 7.11 Å². The molecule has 5 heteroatoms. The van der Waals surface area contributed by atoms with Crippen molar-refractivity contribution in [3.05, 3.63) is 0 Å². The number of amides is 1. The smallest absolute Gasteiger partial charge is 0.307 e.